The summed E-state index contributed by atoms with van der Waals surface area (Å²) in [7, 11) is 1.37. The summed E-state index contributed by atoms with van der Waals surface area (Å²) in [6, 6.07) is 5.34. The summed E-state index contributed by atoms with van der Waals surface area (Å²) in [6.07, 6.45) is 1.14. The molecule has 2 N–H and O–H groups in total. The molecule has 4 heteroatoms. The lowest BCUT2D eigenvalue weighted by atomic mass is 10.1. The number of nitrogens with two attached hydrogens (primary N) is 1. The highest BCUT2D eigenvalue weighted by Crippen LogP contribution is 2.25. The van der Waals surface area contributed by atoms with E-state index in [9.17, 15) is 4.79 Å². The molecule has 19 heavy (non-hydrogen) atoms. The number of carbonyl (C=O) groups excluding carboxylic acids is 1. The quantitative estimate of drug-likeness (QED) is 0.634. The van der Waals surface area contributed by atoms with E-state index in [0.29, 0.717) is 17.2 Å². The van der Waals surface area contributed by atoms with Crippen LogP contribution in [0, 0.1) is 5.92 Å². The highest BCUT2D eigenvalue weighted by molar-refractivity contribution is 5.91. The van der Waals surface area contributed by atoms with Gasteiger partial charge in [-0.1, -0.05) is 20.3 Å². The van der Waals surface area contributed by atoms with Crippen molar-refractivity contribution in [1.29, 1.82) is 0 Å². The Bertz CT molecular complexity index is 432. The minimum atomic E-state index is -0.358. The first kappa shape index (κ1) is 15.3. The van der Waals surface area contributed by atoms with Gasteiger partial charge in [0.15, 0.2) is 0 Å². The van der Waals surface area contributed by atoms with E-state index in [-0.39, 0.29) is 5.97 Å². The smallest absolute Gasteiger partial charge is 0.337 e. The molecule has 0 spiro atoms. The number of hydrogen-bond donors (Lipinski definition) is 1. The number of rotatable bonds is 6. The minimum Gasteiger partial charge on any atom is -0.465 e. The summed E-state index contributed by atoms with van der Waals surface area (Å²) in [5, 5.41) is 0. The molecule has 0 aliphatic carbocycles. The second-order valence-corrected chi connectivity index (χ2v) is 4.82. The van der Waals surface area contributed by atoms with Crippen molar-refractivity contribution in [3.05, 3.63) is 23.8 Å². The normalized spacial score (nSPS) is 12.0. The van der Waals surface area contributed by atoms with Crippen LogP contribution in [-0.2, 0) is 4.74 Å². The number of ether oxygens (including phenoxy) is 1. The highest BCUT2D eigenvalue weighted by atomic mass is 16.5. The number of nitrogens with zero attached hydrogens (tertiary/aromatic N) is 1. The van der Waals surface area contributed by atoms with Crippen molar-refractivity contribution in [2.45, 2.75) is 27.2 Å². The van der Waals surface area contributed by atoms with Gasteiger partial charge in [-0.25, -0.2) is 4.79 Å². The number of esters is 1. The van der Waals surface area contributed by atoms with Gasteiger partial charge in [-0.3, -0.25) is 0 Å². The predicted molar refractivity (Wildman–Crippen MR) is 79.5 cm³/mol. The standard InChI is InChI=1S/C15H24N2O2/c1-5-11(3)10-17(6-2)14-8-7-12(9-13(14)16)15(18)19-4/h7-9,11H,5-6,10,16H2,1-4H3. The number of methoxy groups -OCH3 is 1. The van der Waals surface area contributed by atoms with Gasteiger partial charge in [-0.2, -0.15) is 0 Å². The largest absolute Gasteiger partial charge is 0.465 e. The second-order valence-electron chi connectivity index (χ2n) is 4.82. The average Bonchev–Trinajstić information content (AvgIpc) is 2.43. The molecular formula is C15H24N2O2. The predicted octanol–water partition coefficient (Wildman–Crippen LogP) is 2.93. The minimum absolute atomic E-state index is 0.358. The molecule has 0 aliphatic rings. The van der Waals surface area contributed by atoms with Crippen LogP contribution in [0.3, 0.4) is 0 Å². The fourth-order valence-corrected chi connectivity index (χ4v) is 1.99. The number of anilines is 2. The molecule has 0 aromatic heterocycles. The molecule has 0 amide bonds. The van der Waals surface area contributed by atoms with Crippen molar-refractivity contribution in [2.75, 3.05) is 30.8 Å². The van der Waals surface area contributed by atoms with Crippen LogP contribution in [-0.4, -0.2) is 26.2 Å². The van der Waals surface area contributed by atoms with Crippen LogP contribution in [0.15, 0.2) is 18.2 Å². The van der Waals surface area contributed by atoms with Gasteiger partial charge in [0.1, 0.15) is 0 Å². The van der Waals surface area contributed by atoms with Gasteiger partial charge >= 0.3 is 5.97 Å². The van der Waals surface area contributed by atoms with Crippen LogP contribution in [0.5, 0.6) is 0 Å². The Hall–Kier alpha value is -1.71. The summed E-state index contributed by atoms with van der Waals surface area (Å²) >= 11 is 0. The van der Waals surface area contributed by atoms with Gasteiger partial charge in [-0.15, -0.1) is 0 Å². The number of benzene rings is 1. The fourth-order valence-electron chi connectivity index (χ4n) is 1.99. The SMILES string of the molecule is CCC(C)CN(CC)c1ccc(C(=O)OC)cc1N. The lowest BCUT2D eigenvalue weighted by molar-refractivity contribution is 0.0601. The molecule has 0 bridgehead atoms. The molecule has 0 radical (unpaired) electrons. The summed E-state index contributed by atoms with van der Waals surface area (Å²) in [5.41, 5.74) is 8.15. The van der Waals surface area contributed by atoms with Crippen molar-refractivity contribution < 1.29 is 9.53 Å². The molecule has 1 aromatic rings. The first-order valence-electron chi connectivity index (χ1n) is 6.76. The van der Waals surface area contributed by atoms with Crippen LogP contribution in [0.4, 0.5) is 11.4 Å². The van der Waals surface area contributed by atoms with E-state index >= 15 is 0 Å². The Balaban J connectivity index is 2.96. The average molecular weight is 264 g/mol. The van der Waals surface area contributed by atoms with E-state index in [1.54, 1.807) is 12.1 Å². The fraction of sp³-hybridized carbons (Fsp3) is 0.533. The molecule has 0 fully saturated rings. The number of nitrogen functional groups attached to an aromatic ring is 1. The Morgan fingerprint density at radius 1 is 1.42 bits per heavy atom. The maximum Gasteiger partial charge on any atom is 0.337 e. The van der Waals surface area contributed by atoms with Crippen molar-refractivity contribution in [1.82, 2.24) is 0 Å². The van der Waals surface area contributed by atoms with Gasteiger partial charge < -0.3 is 15.4 Å². The molecule has 106 valence electrons. The zero-order valence-electron chi connectivity index (χ0n) is 12.3. The van der Waals surface area contributed by atoms with E-state index in [0.717, 1.165) is 25.2 Å². The van der Waals surface area contributed by atoms with Crippen molar-refractivity contribution >= 4 is 17.3 Å². The molecule has 0 heterocycles. The van der Waals surface area contributed by atoms with E-state index in [2.05, 4.69) is 25.7 Å². The van der Waals surface area contributed by atoms with Crippen LogP contribution in [0.25, 0.3) is 0 Å². The van der Waals surface area contributed by atoms with Crippen molar-refractivity contribution in [3.8, 4) is 0 Å². The monoisotopic (exact) mass is 264 g/mol. The Morgan fingerprint density at radius 2 is 2.11 bits per heavy atom. The van der Waals surface area contributed by atoms with Crippen molar-refractivity contribution in [2.24, 2.45) is 5.92 Å². The lowest BCUT2D eigenvalue weighted by Gasteiger charge is -2.27. The third kappa shape index (κ3) is 3.88. The van der Waals surface area contributed by atoms with Gasteiger partial charge in [0.25, 0.3) is 0 Å². The lowest BCUT2D eigenvalue weighted by Crippen LogP contribution is -2.28. The second kappa shape index (κ2) is 7.02. The third-order valence-corrected chi connectivity index (χ3v) is 3.40. The Labute approximate surface area is 115 Å². The zero-order valence-corrected chi connectivity index (χ0v) is 12.3. The highest BCUT2D eigenvalue weighted by Gasteiger charge is 2.13. The van der Waals surface area contributed by atoms with Crippen LogP contribution >= 0.6 is 0 Å². The molecule has 0 saturated heterocycles. The third-order valence-electron chi connectivity index (χ3n) is 3.40. The summed E-state index contributed by atoms with van der Waals surface area (Å²) in [5.74, 6) is 0.253. The van der Waals surface area contributed by atoms with Gasteiger partial charge in [0.2, 0.25) is 0 Å². The Morgan fingerprint density at radius 3 is 2.58 bits per heavy atom. The first-order valence-corrected chi connectivity index (χ1v) is 6.76. The summed E-state index contributed by atoms with van der Waals surface area (Å²) < 4.78 is 4.69. The number of carbonyl (C=O) groups is 1. The molecule has 4 nitrogen and oxygen atoms in total. The molecule has 1 aromatic carbocycles. The first-order chi connectivity index (χ1) is 9.03. The van der Waals surface area contributed by atoms with Gasteiger partial charge in [0, 0.05) is 13.1 Å². The summed E-state index contributed by atoms with van der Waals surface area (Å²) in [4.78, 5) is 13.7. The molecule has 1 rings (SSSR count). The maximum absolute atomic E-state index is 11.4. The maximum atomic E-state index is 11.4. The van der Waals surface area contributed by atoms with E-state index in [1.165, 1.54) is 7.11 Å². The molecule has 0 aliphatic heterocycles. The van der Waals surface area contributed by atoms with Gasteiger partial charge in [0.05, 0.1) is 24.0 Å². The van der Waals surface area contributed by atoms with E-state index in [1.807, 2.05) is 6.07 Å². The van der Waals surface area contributed by atoms with Crippen LogP contribution in [0.1, 0.15) is 37.6 Å². The van der Waals surface area contributed by atoms with Crippen LogP contribution < -0.4 is 10.6 Å². The van der Waals surface area contributed by atoms with E-state index in [4.69, 9.17) is 10.5 Å². The Kier molecular flexibility index (Phi) is 5.67. The van der Waals surface area contributed by atoms with Crippen molar-refractivity contribution in [3.63, 3.8) is 0 Å². The molecule has 1 atom stereocenters. The van der Waals surface area contributed by atoms with Crippen LogP contribution in [0.2, 0.25) is 0 Å². The topological polar surface area (TPSA) is 55.6 Å². The molecule has 0 saturated carbocycles. The van der Waals surface area contributed by atoms with Gasteiger partial charge in [-0.05, 0) is 31.0 Å². The zero-order chi connectivity index (χ0) is 14.4. The molecule has 1 unspecified atom stereocenters. The molecular weight excluding hydrogens is 240 g/mol. The van der Waals surface area contributed by atoms with E-state index < -0.39 is 0 Å². The number of hydrogen-bond acceptors (Lipinski definition) is 4. The summed E-state index contributed by atoms with van der Waals surface area (Å²) in [6.45, 7) is 8.38.